The summed E-state index contributed by atoms with van der Waals surface area (Å²) in [6.45, 7) is 9.78. The number of phenols is 1. The third-order valence-electron chi connectivity index (χ3n) is 3.68. The summed E-state index contributed by atoms with van der Waals surface area (Å²) in [7, 11) is 0. The highest BCUT2D eigenvalue weighted by molar-refractivity contribution is 5.85. The maximum atomic E-state index is 10.3. The summed E-state index contributed by atoms with van der Waals surface area (Å²) >= 11 is 0. The average molecular weight is 344 g/mol. The average Bonchev–Trinajstić information content (AvgIpc) is 2.46. The summed E-state index contributed by atoms with van der Waals surface area (Å²) in [5.74, 6) is 0.111. The summed E-state index contributed by atoms with van der Waals surface area (Å²) in [5, 5.41) is 22.7. The Labute approximate surface area is 144 Å². The predicted molar refractivity (Wildman–Crippen MR) is 93.9 cm³/mol. The van der Waals surface area contributed by atoms with Crippen molar-refractivity contribution in [1.29, 1.82) is 5.26 Å². The van der Waals surface area contributed by atoms with Crippen molar-refractivity contribution >= 4 is 24.8 Å². The number of rotatable bonds is 4. The Kier molecular flexibility index (Phi) is 9.15. The summed E-state index contributed by atoms with van der Waals surface area (Å²) in [6, 6.07) is 7.52. The van der Waals surface area contributed by atoms with Gasteiger partial charge in [0.2, 0.25) is 0 Å². The number of nitrogens with zero attached hydrogens (tertiary/aromatic N) is 2. The van der Waals surface area contributed by atoms with Crippen LogP contribution >= 0.6 is 24.8 Å². The zero-order chi connectivity index (χ0) is 14.5. The zero-order valence-corrected chi connectivity index (χ0v) is 14.3. The smallest absolute Gasteiger partial charge is 0.138 e. The first-order valence-corrected chi connectivity index (χ1v) is 6.94. The molecule has 0 amide bonds. The van der Waals surface area contributed by atoms with Gasteiger partial charge < -0.3 is 10.4 Å². The molecule has 1 atom stereocenters. The van der Waals surface area contributed by atoms with Gasteiger partial charge in [0.25, 0.3) is 0 Å². The van der Waals surface area contributed by atoms with Crippen molar-refractivity contribution in [3.8, 4) is 11.8 Å². The van der Waals surface area contributed by atoms with Crippen LogP contribution in [0.5, 0.6) is 5.75 Å². The molecule has 0 bridgehead atoms. The minimum absolute atomic E-state index is 0. The lowest BCUT2D eigenvalue weighted by Gasteiger charge is -2.35. The van der Waals surface area contributed by atoms with Crippen LogP contribution < -0.4 is 5.32 Å². The molecule has 1 aliphatic rings. The van der Waals surface area contributed by atoms with Crippen LogP contribution in [0.3, 0.4) is 0 Å². The second kappa shape index (κ2) is 9.70. The highest BCUT2D eigenvalue weighted by Crippen LogP contribution is 2.35. The Morgan fingerprint density at radius 1 is 1.41 bits per heavy atom. The zero-order valence-electron chi connectivity index (χ0n) is 12.7. The van der Waals surface area contributed by atoms with E-state index in [4.69, 9.17) is 5.26 Å². The number of halogens is 2. The Morgan fingerprint density at radius 2 is 2.05 bits per heavy atom. The molecule has 0 radical (unpaired) electrons. The highest BCUT2D eigenvalue weighted by atomic mass is 35.5. The van der Waals surface area contributed by atoms with Gasteiger partial charge in [-0.2, -0.15) is 5.26 Å². The van der Waals surface area contributed by atoms with E-state index in [1.807, 2.05) is 25.1 Å². The van der Waals surface area contributed by atoms with Crippen molar-refractivity contribution in [3.05, 3.63) is 41.5 Å². The molecule has 0 aromatic heterocycles. The number of para-hydroxylation sites is 1. The van der Waals surface area contributed by atoms with E-state index in [1.165, 1.54) is 0 Å². The molecule has 0 unspecified atom stereocenters. The minimum Gasteiger partial charge on any atom is -0.506 e. The Morgan fingerprint density at radius 3 is 2.59 bits per heavy atom. The molecular weight excluding hydrogens is 321 g/mol. The molecule has 1 aliphatic heterocycles. The number of hydrogen-bond donors (Lipinski definition) is 2. The largest absolute Gasteiger partial charge is 0.506 e. The van der Waals surface area contributed by atoms with Gasteiger partial charge in [0, 0.05) is 37.8 Å². The molecule has 2 N–H and O–H groups in total. The quantitative estimate of drug-likeness (QED) is 0.825. The first-order chi connectivity index (χ1) is 9.63. The summed E-state index contributed by atoms with van der Waals surface area (Å²) in [5.41, 5.74) is 2.24. The molecule has 1 heterocycles. The molecule has 0 aliphatic carbocycles. The lowest BCUT2D eigenvalue weighted by atomic mass is 9.95. The third-order valence-corrected chi connectivity index (χ3v) is 3.68. The molecule has 2 rings (SSSR count). The maximum absolute atomic E-state index is 10.3. The molecular formula is C16H23Cl2N3O. The monoisotopic (exact) mass is 343 g/mol. The third kappa shape index (κ3) is 4.89. The number of nitrogens with one attached hydrogen (secondary N) is 1. The molecule has 1 aromatic carbocycles. The van der Waals surface area contributed by atoms with E-state index < -0.39 is 0 Å². The Bertz CT molecular complexity index is 537. The van der Waals surface area contributed by atoms with Gasteiger partial charge in [-0.1, -0.05) is 17.7 Å². The van der Waals surface area contributed by atoms with Gasteiger partial charge in [-0.05, 0) is 19.4 Å². The normalized spacial score (nSPS) is 15.8. The van der Waals surface area contributed by atoms with E-state index in [1.54, 1.807) is 6.07 Å². The minimum atomic E-state index is 0. The van der Waals surface area contributed by atoms with Gasteiger partial charge in [-0.3, -0.25) is 4.90 Å². The SMILES string of the molecule is C=C(C)C[C@@H](c1cccc(C#N)c1O)N1CCNCC1.Cl.Cl. The maximum Gasteiger partial charge on any atom is 0.138 e. The van der Waals surface area contributed by atoms with E-state index in [9.17, 15) is 5.11 Å². The van der Waals surface area contributed by atoms with E-state index in [0.29, 0.717) is 5.56 Å². The summed E-state index contributed by atoms with van der Waals surface area (Å²) < 4.78 is 0. The number of hydrogen-bond acceptors (Lipinski definition) is 4. The molecule has 4 nitrogen and oxygen atoms in total. The Hall–Kier alpha value is -1.25. The van der Waals surface area contributed by atoms with E-state index >= 15 is 0 Å². The first kappa shape index (κ1) is 20.8. The second-order valence-electron chi connectivity index (χ2n) is 5.32. The van der Waals surface area contributed by atoms with Crippen LogP contribution in [0.25, 0.3) is 0 Å². The van der Waals surface area contributed by atoms with E-state index in [0.717, 1.165) is 43.7 Å². The van der Waals surface area contributed by atoms with Gasteiger partial charge in [0.05, 0.1) is 5.56 Å². The van der Waals surface area contributed by atoms with Gasteiger partial charge in [-0.25, -0.2) is 0 Å². The van der Waals surface area contributed by atoms with Crippen LogP contribution in [0.1, 0.15) is 30.5 Å². The Balaban J connectivity index is 0.00000220. The molecule has 1 fully saturated rings. The van der Waals surface area contributed by atoms with Crippen molar-refractivity contribution in [2.45, 2.75) is 19.4 Å². The lowest BCUT2D eigenvalue weighted by Crippen LogP contribution is -2.45. The number of piperazine rings is 1. The first-order valence-electron chi connectivity index (χ1n) is 6.94. The van der Waals surface area contributed by atoms with E-state index in [-0.39, 0.29) is 36.6 Å². The van der Waals surface area contributed by atoms with Gasteiger partial charge in [-0.15, -0.1) is 31.4 Å². The topological polar surface area (TPSA) is 59.3 Å². The van der Waals surface area contributed by atoms with Crippen molar-refractivity contribution in [3.63, 3.8) is 0 Å². The van der Waals surface area contributed by atoms with Crippen molar-refractivity contribution < 1.29 is 5.11 Å². The van der Waals surface area contributed by atoms with Crippen LogP contribution in [0, 0.1) is 11.3 Å². The standard InChI is InChI=1S/C16H21N3O.2ClH/c1-12(2)10-15(19-8-6-18-7-9-19)14-5-3-4-13(11-17)16(14)20;;/h3-5,15,18,20H,1,6-10H2,2H3;2*1H/t15-;;/m0../s1. The second-order valence-corrected chi connectivity index (χ2v) is 5.32. The molecule has 122 valence electrons. The summed E-state index contributed by atoms with van der Waals surface area (Å²) in [4.78, 5) is 2.35. The number of aromatic hydroxyl groups is 1. The van der Waals surface area contributed by atoms with Crippen LogP contribution in [0.15, 0.2) is 30.4 Å². The number of benzene rings is 1. The van der Waals surface area contributed by atoms with Crippen molar-refractivity contribution in [2.24, 2.45) is 0 Å². The number of nitriles is 1. The van der Waals surface area contributed by atoms with Crippen LogP contribution in [0.2, 0.25) is 0 Å². The molecule has 1 aromatic rings. The summed E-state index contributed by atoms with van der Waals surface area (Å²) in [6.07, 6.45) is 0.794. The molecule has 0 saturated carbocycles. The van der Waals surface area contributed by atoms with Gasteiger partial charge >= 0.3 is 0 Å². The fraction of sp³-hybridized carbons (Fsp3) is 0.438. The highest BCUT2D eigenvalue weighted by Gasteiger charge is 2.25. The van der Waals surface area contributed by atoms with E-state index in [2.05, 4.69) is 16.8 Å². The van der Waals surface area contributed by atoms with Crippen molar-refractivity contribution in [1.82, 2.24) is 10.2 Å². The predicted octanol–water partition coefficient (Wildman–Crippen LogP) is 3.02. The van der Waals surface area contributed by atoms with Crippen LogP contribution in [-0.2, 0) is 0 Å². The van der Waals surface area contributed by atoms with Crippen LogP contribution in [0.4, 0.5) is 0 Å². The molecule has 0 spiro atoms. The van der Waals surface area contributed by atoms with Crippen LogP contribution in [-0.4, -0.2) is 36.2 Å². The lowest BCUT2D eigenvalue weighted by molar-refractivity contribution is 0.170. The number of phenolic OH excluding ortho intramolecular Hbond substituents is 1. The molecule has 22 heavy (non-hydrogen) atoms. The van der Waals surface area contributed by atoms with Gasteiger partial charge in [0.15, 0.2) is 0 Å². The fourth-order valence-corrected chi connectivity index (χ4v) is 2.68. The fourth-order valence-electron chi connectivity index (χ4n) is 2.68. The molecule has 1 saturated heterocycles. The molecule has 6 heteroatoms. The van der Waals surface area contributed by atoms with Gasteiger partial charge in [0.1, 0.15) is 11.8 Å². The van der Waals surface area contributed by atoms with Crippen molar-refractivity contribution in [2.75, 3.05) is 26.2 Å².